The normalized spacial score (nSPS) is 11.7. The van der Waals surface area contributed by atoms with E-state index in [-0.39, 0.29) is 24.2 Å². The van der Waals surface area contributed by atoms with Crippen LogP contribution in [0.4, 0.5) is 4.39 Å². The van der Waals surface area contributed by atoms with Gasteiger partial charge >= 0.3 is 0 Å². The number of amides is 2. The minimum atomic E-state index is -0.568. The minimum Gasteiger partial charge on any atom is -0.343 e. The van der Waals surface area contributed by atoms with E-state index in [1.807, 2.05) is 27.0 Å². The van der Waals surface area contributed by atoms with Crippen molar-refractivity contribution in [1.29, 1.82) is 0 Å². The van der Waals surface area contributed by atoms with Gasteiger partial charge in [0.15, 0.2) is 0 Å². The SMILES string of the molecule is Cc1cc(C)cc(C(=O)NCC(=O)NC(c2ccc(F)cc2)c2nccn2C)c1. The van der Waals surface area contributed by atoms with Gasteiger partial charge in [0.05, 0.1) is 6.54 Å². The fourth-order valence-corrected chi connectivity index (χ4v) is 3.19. The van der Waals surface area contributed by atoms with Crippen molar-refractivity contribution in [3.8, 4) is 0 Å². The molecule has 2 aromatic carbocycles. The van der Waals surface area contributed by atoms with Crippen molar-refractivity contribution in [2.24, 2.45) is 7.05 Å². The van der Waals surface area contributed by atoms with E-state index in [1.165, 1.54) is 12.1 Å². The van der Waals surface area contributed by atoms with E-state index >= 15 is 0 Å². The fourth-order valence-electron chi connectivity index (χ4n) is 3.19. The lowest BCUT2D eigenvalue weighted by Gasteiger charge is -2.19. The van der Waals surface area contributed by atoms with E-state index in [2.05, 4.69) is 15.6 Å². The molecule has 150 valence electrons. The second kappa shape index (κ2) is 8.68. The molecular weight excluding hydrogens is 371 g/mol. The first kappa shape index (κ1) is 20.3. The van der Waals surface area contributed by atoms with Crippen molar-refractivity contribution in [3.63, 3.8) is 0 Å². The number of aryl methyl sites for hydroxylation is 3. The first-order valence-corrected chi connectivity index (χ1v) is 9.22. The lowest BCUT2D eigenvalue weighted by molar-refractivity contribution is -0.120. The number of nitrogens with one attached hydrogen (secondary N) is 2. The van der Waals surface area contributed by atoms with E-state index < -0.39 is 6.04 Å². The molecule has 7 heteroatoms. The maximum absolute atomic E-state index is 13.3. The summed E-state index contributed by atoms with van der Waals surface area (Å²) in [6, 6.07) is 10.8. The minimum absolute atomic E-state index is 0.187. The first-order valence-electron chi connectivity index (χ1n) is 9.22. The van der Waals surface area contributed by atoms with Crippen molar-refractivity contribution >= 4 is 11.8 Å². The van der Waals surface area contributed by atoms with Gasteiger partial charge in [-0.15, -0.1) is 0 Å². The third-order valence-electron chi connectivity index (χ3n) is 4.52. The molecule has 0 radical (unpaired) electrons. The third-order valence-corrected chi connectivity index (χ3v) is 4.52. The number of carbonyl (C=O) groups excluding carboxylic acids is 2. The lowest BCUT2D eigenvalue weighted by atomic mass is 10.1. The highest BCUT2D eigenvalue weighted by atomic mass is 19.1. The molecule has 0 spiro atoms. The smallest absolute Gasteiger partial charge is 0.251 e. The Kier molecular flexibility index (Phi) is 6.07. The predicted octanol–water partition coefficient (Wildman–Crippen LogP) is 2.81. The molecule has 1 unspecified atom stereocenters. The number of benzene rings is 2. The molecule has 1 aromatic heterocycles. The molecule has 0 aliphatic heterocycles. The van der Waals surface area contributed by atoms with Crippen LogP contribution in [0, 0.1) is 19.7 Å². The summed E-state index contributed by atoms with van der Waals surface area (Å²) in [5.74, 6) is -0.452. The molecular formula is C22H23FN4O2. The van der Waals surface area contributed by atoms with E-state index in [4.69, 9.17) is 0 Å². The number of hydrogen-bond acceptors (Lipinski definition) is 3. The topological polar surface area (TPSA) is 76.0 Å². The summed E-state index contributed by atoms with van der Waals surface area (Å²) in [6.45, 7) is 3.64. The van der Waals surface area contributed by atoms with Gasteiger partial charge in [-0.1, -0.05) is 29.3 Å². The van der Waals surface area contributed by atoms with Crippen molar-refractivity contribution in [2.45, 2.75) is 19.9 Å². The number of aromatic nitrogens is 2. The maximum atomic E-state index is 13.3. The van der Waals surface area contributed by atoms with Crippen molar-refractivity contribution in [3.05, 3.63) is 88.8 Å². The van der Waals surface area contributed by atoms with Crippen LogP contribution in [0.2, 0.25) is 0 Å². The van der Waals surface area contributed by atoms with Crippen LogP contribution in [0.3, 0.4) is 0 Å². The summed E-state index contributed by atoms with van der Waals surface area (Å²) in [6.07, 6.45) is 3.39. The number of halogens is 1. The average molecular weight is 394 g/mol. The van der Waals surface area contributed by atoms with Crippen molar-refractivity contribution in [2.75, 3.05) is 6.54 Å². The van der Waals surface area contributed by atoms with E-state index in [0.717, 1.165) is 11.1 Å². The zero-order valence-electron chi connectivity index (χ0n) is 16.6. The molecule has 0 fully saturated rings. The van der Waals surface area contributed by atoms with Gasteiger partial charge in [-0.3, -0.25) is 9.59 Å². The Labute approximate surface area is 168 Å². The van der Waals surface area contributed by atoms with Crippen LogP contribution < -0.4 is 10.6 Å². The van der Waals surface area contributed by atoms with Crippen LogP contribution in [0.25, 0.3) is 0 Å². The second-order valence-electron chi connectivity index (χ2n) is 7.01. The number of carbonyl (C=O) groups is 2. The summed E-state index contributed by atoms with van der Waals surface area (Å²) in [7, 11) is 1.81. The van der Waals surface area contributed by atoms with Gasteiger partial charge in [0, 0.05) is 25.0 Å². The highest BCUT2D eigenvalue weighted by molar-refractivity contribution is 5.96. The Bertz CT molecular complexity index is 1010. The van der Waals surface area contributed by atoms with E-state index in [1.54, 1.807) is 41.2 Å². The predicted molar refractivity (Wildman–Crippen MR) is 108 cm³/mol. The molecule has 2 amide bonds. The van der Waals surface area contributed by atoms with Crippen LogP contribution in [0.1, 0.15) is 38.9 Å². The van der Waals surface area contributed by atoms with Gasteiger partial charge in [0.25, 0.3) is 5.91 Å². The maximum Gasteiger partial charge on any atom is 0.251 e. The van der Waals surface area contributed by atoms with E-state index in [9.17, 15) is 14.0 Å². The number of imidazole rings is 1. The molecule has 1 heterocycles. The molecule has 1 atom stereocenters. The highest BCUT2D eigenvalue weighted by Gasteiger charge is 2.21. The summed E-state index contributed by atoms with van der Waals surface area (Å²) in [5.41, 5.74) is 3.15. The monoisotopic (exact) mass is 394 g/mol. The molecule has 6 nitrogen and oxygen atoms in total. The molecule has 0 saturated heterocycles. The Morgan fingerprint density at radius 3 is 2.34 bits per heavy atom. The van der Waals surface area contributed by atoms with Crippen LogP contribution in [0.15, 0.2) is 54.9 Å². The van der Waals surface area contributed by atoms with Gasteiger partial charge in [-0.2, -0.15) is 0 Å². The molecule has 3 rings (SSSR count). The van der Waals surface area contributed by atoms with Gasteiger partial charge < -0.3 is 15.2 Å². The largest absolute Gasteiger partial charge is 0.343 e. The zero-order chi connectivity index (χ0) is 21.0. The Hall–Kier alpha value is -3.48. The second-order valence-corrected chi connectivity index (χ2v) is 7.01. The van der Waals surface area contributed by atoms with Crippen LogP contribution in [0.5, 0.6) is 0 Å². The number of nitrogens with zero attached hydrogens (tertiary/aromatic N) is 2. The summed E-state index contributed by atoms with van der Waals surface area (Å²) in [5, 5.41) is 5.51. The van der Waals surface area contributed by atoms with Crippen LogP contribution >= 0.6 is 0 Å². The summed E-state index contributed by atoms with van der Waals surface area (Å²) >= 11 is 0. The molecule has 3 aromatic rings. The Morgan fingerprint density at radius 2 is 1.76 bits per heavy atom. The average Bonchev–Trinajstić information content (AvgIpc) is 3.10. The third kappa shape index (κ3) is 5.07. The lowest BCUT2D eigenvalue weighted by Crippen LogP contribution is -2.39. The molecule has 0 aliphatic carbocycles. The molecule has 0 bridgehead atoms. The standard InChI is InChI=1S/C22H23FN4O2/c1-14-10-15(2)12-17(11-14)22(29)25-13-19(28)26-20(21-24-8-9-27(21)3)16-4-6-18(23)7-5-16/h4-12,20H,13H2,1-3H3,(H,25,29)(H,26,28). The number of rotatable bonds is 6. The molecule has 0 aliphatic rings. The van der Waals surface area contributed by atoms with E-state index in [0.29, 0.717) is 17.0 Å². The highest BCUT2D eigenvalue weighted by Crippen LogP contribution is 2.20. The van der Waals surface area contributed by atoms with Gasteiger partial charge in [-0.05, 0) is 43.7 Å². The van der Waals surface area contributed by atoms with Crippen molar-refractivity contribution in [1.82, 2.24) is 20.2 Å². The molecule has 0 saturated carbocycles. The Morgan fingerprint density at radius 1 is 1.10 bits per heavy atom. The fraction of sp³-hybridized carbons (Fsp3) is 0.227. The molecule has 2 N–H and O–H groups in total. The molecule has 29 heavy (non-hydrogen) atoms. The summed E-state index contributed by atoms with van der Waals surface area (Å²) < 4.78 is 15.1. The van der Waals surface area contributed by atoms with Crippen LogP contribution in [-0.2, 0) is 11.8 Å². The quantitative estimate of drug-likeness (QED) is 0.675. The number of hydrogen-bond donors (Lipinski definition) is 2. The van der Waals surface area contributed by atoms with Gasteiger partial charge in [-0.25, -0.2) is 9.37 Å². The zero-order valence-corrected chi connectivity index (χ0v) is 16.6. The van der Waals surface area contributed by atoms with Gasteiger partial charge in [0.2, 0.25) is 5.91 Å². The first-order chi connectivity index (χ1) is 13.8. The Balaban J connectivity index is 1.71. The van der Waals surface area contributed by atoms with Gasteiger partial charge in [0.1, 0.15) is 17.7 Å². The summed E-state index contributed by atoms with van der Waals surface area (Å²) in [4.78, 5) is 29.2. The van der Waals surface area contributed by atoms with Crippen molar-refractivity contribution < 1.29 is 14.0 Å². The van der Waals surface area contributed by atoms with Crippen LogP contribution in [-0.4, -0.2) is 27.9 Å².